The van der Waals surface area contributed by atoms with Crippen LogP contribution in [0.15, 0.2) is 203 Å². The number of nitrogens with zero attached hydrogens (tertiary/aromatic N) is 2. The molecule has 0 unspecified atom stereocenters. The average molecular weight is 681 g/mol. The predicted molar refractivity (Wildman–Crippen MR) is 218 cm³/mol. The van der Waals surface area contributed by atoms with E-state index in [4.69, 9.17) is 13.8 Å². The van der Waals surface area contributed by atoms with Crippen LogP contribution in [0.2, 0.25) is 0 Å². The lowest BCUT2D eigenvalue weighted by molar-refractivity contribution is 0.620. The Morgan fingerprint density at radius 2 is 0.811 bits per heavy atom. The highest BCUT2D eigenvalue weighted by molar-refractivity contribution is 6.10. The molecule has 0 bridgehead atoms. The van der Waals surface area contributed by atoms with Crippen LogP contribution in [-0.4, -0.2) is 4.98 Å². The van der Waals surface area contributed by atoms with Crippen molar-refractivity contribution in [2.24, 2.45) is 0 Å². The summed E-state index contributed by atoms with van der Waals surface area (Å²) in [6.07, 6.45) is 0. The fourth-order valence-corrected chi connectivity index (χ4v) is 7.22. The lowest BCUT2D eigenvalue weighted by Crippen LogP contribution is -2.09. The van der Waals surface area contributed by atoms with Gasteiger partial charge in [0.2, 0.25) is 5.89 Å². The number of furan rings is 1. The second kappa shape index (κ2) is 12.9. The van der Waals surface area contributed by atoms with Crippen LogP contribution in [0.25, 0.3) is 77.9 Å². The lowest BCUT2D eigenvalue weighted by Gasteiger charge is -2.26. The van der Waals surface area contributed by atoms with Gasteiger partial charge in [-0.25, -0.2) is 4.98 Å². The van der Waals surface area contributed by atoms with Crippen LogP contribution in [0.1, 0.15) is 0 Å². The Balaban J connectivity index is 0.971. The SMILES string of the molecule is c1ccc(-c2cccc(-c3ccc(N(c4ccccc4)c4ccc(-c5ccc6oc7cc8nc(-c9ccccc9)oc8cc7c6c5)cc4)cc3)c2)cc1. The van der Waals surface area contributed by atoms with Crippen LogP contribution in [0, 0.1) is 0 Å². The van der Waals surface area contributed by atoms with E-state index >= 15 is 0 Å². The van der Waals surface area contributed by atoms with Crippen LogP contribution >= 0.6 is 0 Å². The molecule has 0 amide bonds. The molecule has 0 N–H and O–H groups in total. The number of para-hydroxylation sites is 1. The van der Waals surface area contributed by atoms with Gasteiger partial charge in [0.25, 0.3) is 0 Å². The number of benzene rings is 8. The molecule has 250 valence electrons. The molecule has 2 heterocycles. The number of hydrogen-bond acceptors (Lipinski definition) is 4. The van der Waals surface area contributed by atoms with Gasteiger partial charge in [0.1, 0.15) is 16.7 Å². The molecule has 4 nitrogen and oxygen atoms in total. The highest BCUT2D eigenvalue weighted by Gasteiger charge is 2.16. The summed E-state index contributed by atoms with van der Waals surface area (Å²) < 4.78 is 12.5. The molecule has 0 saturated heterocycles. The number of rotatable bonds is 7. The third kappa shape index (κ3) is 5.73. The Morgan fingerprint density at radius 3 is 1.45 bits per heavy atom. The van der Waals surface area contributed by atoms with Crippen LogP contribution in [0.3, 0.4) is 0 Å². The van der Waals surface area contributed by atoms with Gasteiger partial charge in [0.15, 0.2) is 5.58 Å². The molecular formula is C49H32N2O2. The Kier molecular flexibility index (Phi) is 7.43. The first-order chi connectivity index (χ1) is 26.2. The van der Waals surface area contributed by atoms with Gasteiger partial charge in [0, 0.05) is 39.5 Å². The maximum Gasteiger partial charge on any atom is 0.227 e. The third-order valence-corrected chi connectivity index (χ3v) is 9.90. The van der Waals surface area contributed by atoms with Gasteiger partial charge in [0.05, 0.1) is 0 Å². The van der Waals surface area contributed by atoms with Crippen molar-refractivity contribution in [1.29, 1.82) is 0 Å². The molecule has 10 rings (SSSR count). The molecule has 53 heavy (non-hydrogen) atoms. The van der Waals surface area contributed by atoms with Crippen LogP contribution in [-0.2, 0) is 0 Å². The van der Waals surface area contributed by atoms with E-state index in [9.17, 15) is 0 Å². The van der Waals surface area contributed by atoms with E-state index in [1.54, 1.807) is 0 Å². The van der Waals surface area contributed by atoms with Crippen molar-refractivity contribution in [3.05, 3.63) is 194 Å². The van der Waals surface area contributed by atoms with Gasteiger partial charge in [-0.05, 0) is 106 Å². The predicted octanol–water partition coefficient (Wildman–Crippen LogP) is 13.9. The minimum absolute atomic E-state index is 0.604. The van der Waals surface area contributed by atoms with Crippen molar-refractivity contribution in [3.8, 4) is 44.8 Å². The van der Waals surface area contributed by atoms with Gasteiger partial charge in [-0.3, -0.25) is 0 Å². The molecular weight excluding hydrogens is 649 g/mol. The molecule has 0 atom stereocenters. The number of hydrogen-bond donors (Lipinski definition) is 0. The van der Waals surface area contributed by atoms with E-state index in [-0.39, 0.29) is 0 Å². The van der Waals surface area contributed by atoms with Gasteiger partial charge >= 0.3 is 0 Å². The molecule has 0 saturated carbocycles. The second-order valence-electron chi connectivity index (χ2n) is 13.2. The van der Waals surface area contributed by atoms with Crippen molar-refractivity contribution < 1.29 is 8.83 Å². The number of aromatic nitrogens is 1. The number of anilines is 3. The molecule has 8 aromatic carbocycles. The van der Waals surface area contributed by atoms with Gasteiger partial charge < -0.3 is 13.7 Å². The minimum Gasteiger partial charge on any atom is -0.456 e. The molecule has 0 aliphatic carbocycles. The van der Waals surface area contributed by atoms with Crippen LogP contribution < -0.4 is 4.90 Å². The summed E-state index contributed by atoms with van der Waals surface area (Å²) in [5.74, 6) is 0.604. The smallest absolute Gasteiger partial charge is 0.227 e. The largest absolute Gasteiger partial charge is 0.456 e. The number of oxazole rings is 1. The van der Waals surface area contributed by atoms with Gasteiger partial charge in [-0.2, -0.15) is 0 Å². The normalized spacial score (nSPS) is 11.4. The highest BCUT2D eigenvalue weighted by Crippen LogP contribution is 2.39. The zero-order chi connectivity index (χ0) is 35.1. The van der Waals surface area contributed by atoms with Gasteiger partial charge in [-0.1, -0.05) is 115 Å². The lowest BCUT2D eigenvalue weighted by atomic mass is 9.99. The Bertz CT molecular complexity index is 2860. The van der Waals surface area contributed by atoms with Crippen molar-refractivity contribution >= 4 is 50.1 Å². The Morgan fingerprint density at radius 1 is 0.321 bits per heavy atom. The monoisotopic (exact) mass is 680 g/mol. The zero-order valence-corrected chi connectivity index (χ0v) is 28.7. The summed E-state index contributed by atoms with van der Waals surface area (Å²) >= 11 is 0. The van der Waals surface area contributed by atoms with E-state index in [0.29, 0.717) is 5.89 Å². The maximum absolute atomic E-state index is 6.29. The van der Waals surface area contributed by atoms with Crippen LogP contribution in [0.4, 0.5) is 17.1 Å². The summed E-state index contributed by atoms with van der Waals surface area (Å²) in [5, 5.41) is 2.05. The van der Waals surface area contributed by atoms with E-state index in [0.717, 1.165) is 66.8 Å². The van der Waals surface area contributed by atoms with Crippen molar-refractivity contribution in [3.63, 3.8) is 0 Å². The molecule has 0 fully saturated rings. The van der Waals surface area contributed by atoms with Crippen molar-refractivity contribution in [2.75, 3.05) is 4.90 Å². The van der Waals surface area contributed by atoms with Crippen LogP contribution in [0.5, 0.6) is 0 Å². The fraction of sp³-hybridized carbons (Fsp3) is 0. The second-order valence-corrected chi connectivity index (χ2v) is 13.2. The molecule has 2 aromatic heterocycles. The minimum atomic E-state index is 0.604. The summed E-state index contributed by atoms with van der Waals surface area (Å²) in [7, 11) is 0. The maximum atomic E-state index is 6.29. The van der Waals surface area contributed by atoms with E-state index in [2.05, 4.69) is 157 Å². The first kappa shape index (κ1) is 30.6. The summed E-state index contributed by atoms with van der Waals surface area (Å²) in [5.41, 5.74) is 14.4. The Labute approximate surface area is 306 Å². The van der Waals surface area contributed by atoms with E-state index < -0.39 is 0 Å². The molecule has 0 spiro atoms. The standard InChI is InChI=1S/C49H32N2O2/c1-4-11-33(12-5-1)37-15-10-16-38(29-37)34-19-24-41(25-20-34)51(40-17-8-3-9-18-40)42-26-21-35(22-27-42)39-23-28-46-43(30-39)44-31-48-45(32-47(44)52-46)50-49(53-48)36-13-6-2-7-14-36/h1-32H. The van der Waals surface area contributed by atoms with E-state index in [1.165, 1.54) is 22.3 Å². The summed E-state index contributed by atoms with van der Waals surface area (Å²) in [6, 6.07) is 67.8. The molecule has 0 aliphatic rings. The molecule has 0 radical (unpaired) electrons. The molecule has 4 heteroatoms. The fourth-order valence-electron chi connectivity index (χ4n) is 7.22. The first-order valence-corrected chi connectivity index (χ1v) is 17.8. The summed E-state index contributed by atoms with van der Waals surface area (Å²) in [6.45, 7) is 0. The molecule has 10 aromatic rings. The average Bonchev–Trinajstić information content (AvgIpc) is 3.82. The van der Waals surface area contributed by atoms with Crippen molar-refractivity contribution in [1.82, 2.24) is 4.98 Å². The highest BCUT2D eigenvalue weighted by atomic mass is 16.4. The van der Waals surface area contributed by atoms with Gasteiger partial charge in [-0.15, -0.1) is 0 Å². The zero-order valence-electron chi connectivity index (χ0n) is 28.7. The summed E-state index contributed by atoms with van der Waals surface area (Å²) in [4.78, 5) is 7.03. The van der Waals surface area contributed by atoms with Crippen molar-refractivity contribution in [2.45, 2.75) is 0 Å². The molecule has 0 aliphatic heterocycles. The third-order valence-electron chi connectivity index (χ3n) is 9.90. The Hall–Kier alpha value is -7.17. The quantitative estimate of drug-likeness (QED) is 0.168. The number of fused-ring (bicyclic) bond motifs is 4. The first-order valence-electron chi connectivity index (χ1n) is 17.8. The topological polar surface area (TPSA) is 42.4 Å². The van der Waals surface area contributed by atoms with E-state index in [1.807, 2.05) is 42.5 Å².